The van der Waals surface area contributed by atoms with Crippen LogP contribution in [0.2, 0.25) is 0 Å². The van der Waals surface area contributed by atoms with E-state index in [1.807, 2.05) is 37.8 Å². The Hall–Kier alpha value is -2.31. The molecule has 0 saturated carbocycles. The van der Waals surface area contributed by atoms with Crippen LogP contribution in [0.25, 0.3) is 0 Å². The van der Waals surface area contributed by atoms with Crippen molar-refractivity contribution in [1.82, 2.24) is 14.8 Å². The first-order valence-electron chi connectivity index (χ1n) is 9.68. The third-order valence-electron chi connectivity index (χ3n) is 4.87. The van der Waals surface area contributed by atoms with Crippen molar-refractivity contribution < 1.29 is 19.1 Å². The molecule has 2 fully saturated rings. The summed E-state index contributed by atoms with van der Waals surface area (Å²) < 4.78 is 11.4. The molecule has 1 aromatic rings. The third kappa shape index (κ3) is 5.11. The molecular weight excluding hydrogens is 346 g/mol. The lowest BCUT2D eigenvalue weighted by molar-refractivity contribution is -0.137. The van der Waals surface area contributed by atoms with Gasteiger partial charge < -0.3 is 14.4 Å². The van der Waals surface area contributed by atoms with Crippen molar-refractivity contribution in [2.24, 2.45) is 0 Å². The van der Waals surface area contributed by atoms with Crippen LogP contribution in [-0.4, -0.2) is 64.2 Å². The first-order chi connectivity index (χ1) is 12.8. The quantitative estimate of drug-likeness (QED) is 0.812. The minimum Gasteiger partial charge on any atom is -0.490 e. The second-order valence-electron chi connectivity index (χ2n) is 8.16. The molecule has 1 aromatic heterocycles. The fourth-order valence-electron chi connectivity index (χ4n) is 3.58. The standard InChI is InChI=1S/C20H29N3O4/c1-20(2,3)27-19(25)23-12-4-5-17(23)18(24)22-13-8-16(9-14-22)26-15-6-10-21-11-7-15/h6-7,10-11,16-17H,4-5,8-9,12-14H2,1-3H3. The van der Waals surface area contributed by atoms with E-state index in [0.717, 1.165) is 25.0 Å². The van der Waals surface area contributed by atoms with E-state index < -0.39 is 17.7 Å². The molecule has 0 N–H and O–H groups in total. The van der Waals surface area contributed by atoms with E-state index >= 15 is 0 Å². The van der Waals surface area contributed by atoms with Gasteiger partial charge >= 0.3 is 6.09 Å². The first-order valence-corrected chi connectivity index (χ1v) is 9.68. The van der Waals surface area contributed by atoms with Crippen molar-refractivity contribution in [3.63, 3.8) is 0 Å². The average Bonchev–Trinajstić information content (AvgIpc) is 3.11. The number of carbonyl (C=O) groups is 2. The second-order valence-corrected chi connectivity index (χ2v) is 8.16. The first kappa shape index (κ1) is 19.5. The number of ether oxygens (including phenoxy) is 2. The van der Waals surface area contributed by atoms with E-state index in [4.69, 9.17) is 9.47 Å². The molecule has 0 aromatic carbocycles. The number of hydrogen-bond donors (Lipinski definition) is 0. The predicted octanol–water partition coefficient (Wildman–Crippen LogP) is 2.85. The van der Waals surface area contributed by atoms with Crippen LogP contribution in [-0.2, 0) is 9.53 Å². The highest BCUT2D eigenvalue weighted by Gasteiger charge is 2.39. The average molecular weight is 375 g/mol. The number of hydrogen-bond acceptors (Lipinski definition) is 5. The monoisotopic (exact) mass is 375 g/mol. The normalized spacial score (nSPS) is 21.2. The van der Waals surface area contributed by atoms with Crippen LogP contribution < -0.4 is 4.74 Å². The van der Waals surface area contributed by atoms with Crippen LogP contribution >= 0.6 is 0 Å². The highest BCUT2D eigenvalue weighted by Crippen LogP contribution is 2.25. The molecule has 2 saturated heterocycles. The highest BCUT2D eigenvalue weighted by molar-refractivity contribution is 5.86. The van der Waals surface area contributed by atoms with E-state index in [9.17, 15) is 9.59 Å². The number of nitrogens with zero attached hydrogens (tertiary/aromatic N) is 3. The second kappa shape index (κ2) is 8.15. The van der Waals surface area contributed by atoms with E-state index in [0.29, 0.717) is 26.1 Å². The van der Waals surface area contributed by atoms with Crippen LogP contribution in [0, 0.1) is 0 Å². The van der Waals surface area contributed by atoms with E-state index in [1.54, 1.807) is 17.3 Å². The molecule has 7 nitrogen and oxygen atoms in total. The summed E-state index contributed by atoms with van der Waals surface area (Å²) in [5.41, 5.74) is -0.560. The van der Waals surface area contributed by atoms with Gasteiger partial charge in [-0.05, 0) is 45.7 Å². The van der Waals surface area contributed by atoms with Gasteiger partial charge in [0.25, 0.3) is 0 Å². The summed E-state index contributed by atoms with van der Waals surface area (Å²) in [5, 5.41) is 0. The molecule has 7 heteroatoms. The van der Waals surface area contributed by atoms with E-state index in [2.05, 4.69) is 4.98 Å². The van der Waals surface area contributed by atoms with Crippen LogP contribution in [0.3, 0.4) is 0 Å². The largest absolute Gasteiger partial charge is 0.490 e. The Bertz CT molecular complexity index is 651. The Morgan fingerprint density at radius 2 is 1.74 bits per heavy atom. The van der Waals surface area contributed by atoms with Gasteiger partial charge in [-0.25, -0.2) is 4.79 Å². The van der Waals surface area contributed by atoms with E-state index in [1.165, 1.54) is 0 Å². The molecule has 0 spiro atoms. The van der Waals surface area contributed by atoms with Crippen molar-refractivity contribution in [3.8, 4) is 5.75 Å². The van der Waals surface area contributed by atoms with Crippen molar-refractivity contribution in [2.75, 3.05) is 19.6 Å². The molecule has 2 amide bonds. The molecule has 27 heavy (non-hydrogen) atoms. The Balaban J connectivity index is 1.53. The summed E-state index contributed by atoms with van der Waals surface area (Å²) in [7, 11) is 0. The molecule has 0 aliphatic carbocycles. The van der Waals surface area contributed by atoms with Crippen LogP contribution in [0.5, 0.6) is 5.75 Å². The molecule has 1 atom stereocenters. The smallest absolute Gasteiger partial charge is 0.410 e. The molecule has 1 unspecified atom stereocenters. The van der Waals surface area contributed by atoms with Gasteiger partial charge in [0, 0.05) is 44.9 Å². The molecule has 3 heterocycles. The molecule has 2 aliphatic rings. The number of pyridine rings is 1. The summed E-state index contributed by atoms with van der Waals surface area (Å²) in [5.74, 6) is 0.836. The van der Waals surface area contributed by atoms with Gasteiger partial charge in [0.05, 0.1) is 0 Å². The van der Waals surface area contributed by atoms with Crippen molar-refractivity contribution >= 4 is 12.0 Å². The maximum absolute atomic E-state index is 13.0. The molecule has 2 aliphatic heterocycles. The molecular formula is C20H29N3O4. The lowest BCUT2D eigenvalue weighted by atomic mass is 10.1. The SMILES string of the molecule is CC(C)(C)OC(=O)N1CCCC1C(=O)N1CCC(Oc2ccncc2)CC1. The molecule has 148 valence electrons. The van der Waals surface area contributed by atoms with Crippen LogP contribution in [0.4, 0.5) is 4.79 Å². The van der Waals surface area contributed by atoms with Gasteiger partial charge in [0.1, 0.15) is 23.5 Å². The number of rotatable bonds is 3. The Morgan fingerprint density at radius 1 is 1.07 bits per heavy atom. The Kier molecular flexibility index (Phi) is 5.87. The van der Waals surface area contributed by atoms with Gasteiger partial charge in [-0.3, -0.25) is 14.7 Å². The zero-order valence-electron chi connectivity index (χ0n) is 16.4. The zero-order chi connectivity index (χ0) is 19.4. The number of piperidine rings is 1. The summed E-state index contributed by atoms with van der Waals surface area (Å²) in [6, 6.07) is 3.28. The zero-order valence-corrected chi connectivity index (χ0v) is 16.4. The highest BCUT2D eigenvalue weighted by atomic mass is 16.6. The minimum absolute atomic E-state index is 0.0284. The minimum atomic E-state index is -0.560. The predicted molar refractivity (Wildman–Crippen MR) is 100 cm³/mol. The number of aromatic nitrogens is 1. The van der Waals surface area contributed by atoms with Gasteiger partial charge in [0.2, 0.25) is 5.91 Å². The maximum Gasteiger partial charge on any atom is 0.410 e. The number of carbonyl (C=O) groups excluding carboxylic acids is 2. The Morgan fingerprint density at radius 3 is 2.37 bits per heavy atom. The van der Waals surface area contributed by atoms with E-state index in [-0.39, 0.29) is 12.0 Å². The topological polar surface area (TPSA) is 72.0 Å². The Labute approximate surface area is 160 Å². The lowest BCUT2D eigenvalue weighted by Crippen LogP contribution is -2.51. The van der Waals surface area contributed by atoms with Gasteiger partial charge in [0.15, 0.2) is 0 Å². The summed E-state index contributed by atoms with van der Waals surface area (Å²) in [4.78, 5) is 32.8. The molecule has 0 radical (unpaired) electrons. The fraction of sp³-hybridized carbons (Fsp3) is 0.650. The molecule has 0 bridgehead atoms. The summed E-state index contributed by atoms with van der Waals surface area (Å²) in [6.07, 6.45) is 6.22. The fourth-order valence-corrected chi connectivity index (χ4v) is 3.58. The van der Waals surface area contributed by atoms with Crippen molar-refractivity contribution in [1.29, 1.82) is 0 Å². The van der Waals surface area contributed by atoms with Crippen molar-refractivity contribution in [2.45, 2.75) is 64.2 Å². The summed E-state index contributed by atoms with van der Waals surface area (Å²) in [6.45, 7) is 7.38. The summed E-state index contributed by atoms with van der Waals surface area (Å²) >= 11 is 0. The van der Waals surface area contributed by atoms with Crippen LogP contribution in [0.15, 0.2) is 24.5 Å². The molecule has 3 rings (SSSR count). The van der Waals surface area contributed by atoms with Crippen molar-refractivity contribution in [3.05, 3.63) is 24.5 Å². The van der Waals surface area contributed by atoms with Crippen LogP contribution in [0.1, 0.15) is 46.5 Å². The number of amides is 2. The van der Waals surface area contributed by atoms with Gasteiger partial charge in [-0.1, -0.05) is 0 Å². The third-order valence-corrected chi connectivity index (χ3v) is 4.87. The maximum atomic E-state index is 13.0. The lowest BCUT2D eigenvalue weighted by Gasteiger charge is -2.35. The van der Waals surface area contributed by atoms with Gasteiger partial charge in [-0.15, -0.1) is 0 Å². The number of likely N-dealkylation sites (tertiary alicyclic amines) is 2. The van der Waals surface area contributed by atoms with Gasteiger partial charge in [-0.2, -0.15) is 0 Å².